The lowest BCUT2D eigenvalue weighted by atomic mass is 10.2. The molecule has 0 atom stereocenters. The third-order valence-corrected chi connectivity index (χ3v) is 4.65. The molecule has 0 aromatic heterocycles. The number of carbonyl (C=O) groups is 1. The molecule has 0 radical (unpaired) electrons. The maximum atomic E-state index is 11.6. The van der Waals surface area contributed by atoms with Gasteiger partial charge in [0.25, 0.3) is 0 Å². The lowest BCUT2D eigenvalue weighted by molar-refractivity contribution is -0.123. The topological polar surface area (TPSA) is 60.0 Å². The first-order chi connectivity index (χ1) is 12.5. The van der Waals surface area contributed by atoms with Gasteiger partial charge >= 0.3 is 0 Å². The predicted molar refractivity (Wildman–Crippen MR) is 123 cm³/mol. The van der Waals surface area contributed by atoms with Gasteiger partial charge < -0.3 is 15.5 Å². The van der Waals surface area contributed by atoms with Crippen molar-refractivity contribution in [3.63, 3.8) is 0 Å². The first-order valence-corrected chi connectivity index (χ1v) is 9.57. The van der Waals surface area contributed by atoms with Gasteiger partial charge in [0.1, 0.15) is 0 Å². The van der Waals surface area contributed by atoms with Crippen LogP contribution in [0.5, 0.6) is 0 Å². The summed E-state index contributed by atoms with van der Waals surface area (Å²) in [5.74, 6) is 0.990. The van der Waals surface area contributed by atoms with Gasteiger partial charge in [-0.2, -0.15) is 0 Å². The van der Waals surface area contributed by atoms with Crippen molar-refractivity contribution in [2.24, 2.45) is 10.9 Å². The molecule has 152 valence electrons. The van der Waals surface area contributed by atoms with Crippen molar-refractivity contribution in [2.75, 3.05) is 46.3 Å². The van der Waals surface area contributed by atoms with E-state index in [1.807, 2.05) is 32.0 Å². The lowest BCUT2D eigenvalue weighted by Crippen LogP contribution is -2.53. The fraction of sp³-hybridized carbons (Fsp3) is 0.579. The Morgan fingerprint density at radius 1 is 1.19 bits per heavy atom. The van der Waals surface area contributed by atoms with E-state index >= 15 is 0 Å². The highest BCUT2D eigenvalue weighted by Crippen LogP contribution is 2.14. The highest BCUT2D eigenvalue weighted by atomic mass is 127. The largest absolute Gasteiger partial charge is 0.354 e. The number of carbonyl (C=O) groups excluding carboxylic acids is 1. The van der Waals surface area contributed by atoms with Crippen LogP contribution in [0.2, 0.25) is 5.02 Å². The summed E-state index contributed by atoms with van der Waals surface area (Å²) in [6.07, 6.45) is 0. The Labute approximate surface area is 184 Å². The van der Waals surface area contributed by atoms with Crippen molar-refractivity contribution in [1.29, 1.82) is 0 Å². The third kappa shape index (κ3) is 8.23. The Kier molecular flexibility index (Phi) is 11.0. The number of hydrogen-bond acceptors (Lipinski definition) is 3. The molecule has 6 nitrogen and oxygen atoms in total. The van der Waals surface area contributed by atoms with Gasteiger partial charge in [0, 0.05) is 63.8 Å². The van der Waals surface area contributed by atoms with Gasteiger partial charge in [0.15, 0.2) is 5.96 Å². The zero-order valence-electron chi connectivity index (χ0n) is 16.4. The normalized spacial score (nSPS) is 15.4. The highest BCUT2D eigenvalue weighted by Gasteiger charge is 2.19. The monoisotopic (exact) mass is 507 g/mol. The molecule has 0 bridgehead atoms. The molecule has 1 saturated heterocycles. The Morgan fingerprint density at radius 2 is 1.85 bits per heavy atom. The highest BCUT2D eigenvalue weighted by molar-refractivity contribution is 14.0. The number of piperazine rings is 1. The number of halogens is 2. The summed E-state index contributed by atoms with van der Waals surface area (Å²) in [6, 6.07) is 8.05. The molecule has 1 aromatic carbocycles. The van der Waals surface area contributed by atoms with Crippen molar-refractivity contribution in [2.45, 2.75) is 20.4 Å². The molecule has 2 rings (SSSR count). The summed E-state index contributed by atoms with van der Waals surface area (Å²) in [5, 5.41) is 7.03. The molecule has 27 heavy (non-hydrogen) atoms. The standard InChI is InChI=1S/C19H30ClN5O.HI/c1-15(2)18(26)22-7-8-23-19(21-3)25-11-9-24(10-12-25)14-16-5-4-6-17(20)13-16;/h4-6,13,15H,7-12,14H2,1-3H3,(H,21,23)(H,22,26);1H. The van der Waals surface area contributed by atoms with Crippen LogP contribution in [0.25, 0.3) is 0 Å². The Hall–Kier alpha value is -1.06. The maximum absolute atomic E-state index is 11.6. The minimum atomic E-state index is 0. The molecule has 1 aromatic rings. The van der Waals surface area contributed by atoms with Gasteiger partial charge in [-0.25, -0.2) is 0 Å². The SMILES string of the molecule is CN=C(NCCNC(=O)C(C)C)N1CCN(Cc2cccc(Cl)c2)CC1.I. The lowest BCUT2D eigenvalue weighted by Gasteiger charge is -2.36. The summed E-state index contributed by atoms with van der Waals surface area (Å²) in [4.78, 5) is 20.6. The van der Waals surface area contributed by atoms with E-state index in [1.165, 1.54) is 5.56 Å². The molecule has 1 heterocycles. The van der Waals surface area contributed by atoms with E-state index in [2.05, 4.69) is 31.5 Å². The van der Waals surface area contributed by atoms with Gasteiger partial charge in [0.2, 0.25) is 5.91 Å². The van der Waals surface area contributed by atoms with Gasteiger partial charge in [-0.05, 0) is 17.7 Å². The number of amides is 1. The number of nitrogens with one attached hydrogen (secondary N) is 2. The number of nitrogens with zero attached hydrogens (tertiary/aromatic N) is 3. The Balaban J connectivity index is 0.00000364. The minimum Gasteiger partial charge on any atom is -0.354 e. The number of benzene rings is 1. The van der Waals surface area contributed by atoms with Crippen LogP contribution in [0.3, 0.4) is 0 Å². The van der Waals surface area contributed by atoms with Crippen LogP contribution in [0.15, 0.2) is 29.3 Å². The quantitative estimate of drug-likeness (QED) is 0.269. The van der Waals surface area contributed by atoms with E-state index in [0.29, 0.717) is 13.1 Å². The molecule has 2 N–H and O–H groups in total. The van der Waals surface area contributed by atoms with Crippen LogP contribution in [0, 0.1) is 5.92 Å². The first-order valence-electron chi connectivity index (χ1n) is 9.19. The summed E-state index contributed by atoms with van der Waals surface area (Å²) < 4.78 is 0. The smallest absolute Gasteiger partial charge is 0.222 e. The second-order valence-electron chi connectivity index (χ2n) is 6.81. The third-order valence-electron chi connectivity index (χ3n) is 4.41. The van der Waals surface area contributed by atoms with Crippen LogP contribution in [-0.2, 0) is 11.3 Å². The molecule has 0 unspecified atom stereocenters. The summed E-state index contributed by atoms with van der Waals surface area (Å²) in [7, 11) is 1.80. The van der Waals surface area contributed by atoms with E-state index in [-0.39, 0.29) is 35.8 Å². The zero-order chi connectivity index (χ0) is 18.9. The molecule has 1 aliphatic heterocycles. The van der Waals surface area contributed by atoms with E-state index in [4.69, 9.17) is 11.6 Å². The van der Waals surface area contributed by atoms with Crippen molar-refractivity contribution < 1.29 is 4.79 Å². The van der Waals surface area contributed by atoms with Crippen molar-refractivity contribution in [1.82, 2.24) is 20.4 Å². The molecule has 8 heteroatoms. The average molecular weight is 508 g/mol. The van der Waals surface area contributed by atoms with E-state index in [1.54, 1.807) is 7.05 Å². The van der Waals surface area contributed by atoms with Crippen LogP contribution < -0.4 is 10.6 Å². The summed E-state index contributed by atoms with van der Waals surface area (Å²) in [6.45, 7) is 9.81. The first kappa shape index (κ1) is 24.0. The molecule has 1 aliphatic rings. The number of guanidine groups is 1. The fourth-order valence-corrected chi connectivity index (χ4v) is 3.12. The molecule has 0 spiro atoms. The fourth-order valence-electron chi connectivity index (χ4n) is 2.91. The van der Waals surface area contributed by atoms with E-state index in [9.17, 15) is 4.79 Å². The van der Waals surface area contributed by atoms with Crippen LogP contribution in [-0.4, -0.2) is 68.0 Å². The van der Waals surface area contributed by atoms with Crippen molar-refractivity contribution in [3.05, 3.63) is 34.9 Å². The van der Waals surface area contributed by atoms with Gasteiger partial charge in [-0.1, -0.05) is 37.6 Å². The summed E-state index contributed by atoms with van der Waals surface area (Å²) in [5.41, 5.74) is 1.24. The van der Waals surface area contributed by atoms with E-state index in [0.717, 1.165) is 43.7 Å². The zero-order valence-corrected chi connectivity index (χ0v) is 19.5. The van der Waals surface area contributed by atoms with Gasteiger partial charge in [-0.3, -0.25) is 14.7 Å². The Morgan fingerprint density at radius 3 is 2.44 bits per heavy atom. The maximum Gasteiger partial charge on any atom is 0.222 e. The number of aliphatic imine (C=N–C) groups is 1. The second kappa shape index (κ2) is 12.4. The van der Waals surface area contributed by atoms with Crippen LogP contribution in [0.1, 0.15) is 19.4 Å². The van der Waals surface area contributed by atoms with Gasteiger partial charge in [-0.15, -0.1) is 24.0 Å². The predicted octanol–water partition coefficient (Wildman–Crippen LogP) is 2.42. The summed E-state index contributed by atoms with van der Waals surface area (Å²) >= 11 is 6.07. The number of hydrogen-bond donors (Lipinski definition) is 2. The van der Waals surface area contributed by atoms with Gasteiger partial charge in [0.05, 0.1) is 0 Å². The second-order valence-corrected chi connectivity index (χ2v) is 7.25. The van der Waals surface area contributed by atoms with Crippen LogP contribution in [0.4, 0.5) is 0 Å². The number of rotatable bonds is 6. The molecular weight excluding hydrogens is 477 g/mol. The van der Waals surface area contributed by atoms with Crippen molar-refractivity contribution >= 4 is 47.4 Å². The average Bonchev–Trinajstić information content (AvgIpc) is 2.62. The molecule has 0 aliphatic carbocycles. The molecular formula is C19H31ClIN5O. The molecule has 1 amide bonds. The van der Waals surface area contributed by atoms with Crippen LogP contribution >= 0.6 is 35.6 Å². The Bertz CT molecular complexity index is 618. The van der Waals surface area contributed by atoms with E-state index < -0.39 is 0 Å². The molecule has 0 saturated carbocycles. The molecule has 1 fully saturated rings. The van der Waals surface area contributed by atoms with Crippen molar-refractivity contribution in [3.8, 4) is 0 Å². The minimum absolute atomic E-state index is 0.